The number of aryl methyl sites for hydroxylation is 1. The number of hydrogen-bond donors (Lipinski definition) is 1. The largest absolute Gasteiger partial charge is 0.320 e. The van der Waals surface area contributed by atoms with E-state index >= 15 is 0 Å². The molecule has 35 heavy (non-hydrogen) atoms. The zero-order valence-electron chi connectivity index (χ0n) is 18.9. The van der Waals surface area contributed by atoms with E-state index < -0.39 is 22.6 Å². The Bertz CT molecular complexity index is 1360. The fraction of sp³-hybridized carbons (Fsp3) is 0.190. The van der Waals surface area contributed by atoms with Crippen LogP contribution in [0.2, 0.25) is 5.02 Å². The number of nitro groups is 1. The number of hydrazine groups is 1. The van der Waals surface area contributed by atoms with Gasteiger partial charge in [0.1, 0.15) is 10.3 Å². The van der Waals surface area contributed by atoms with Gasteiger partial charge in [-0.15, -0.1) is 0 Å². The highest BCUT2D eigenvalue weighted by atomic mass is 79.9. The minimum atomic E-state index is -0.743. The Labute approximate surface area is 212 Å². The first kappa shape index (κ1) is 25.8. The van der Waals surface area contributed by atoms with Crippen molar-refractivity contribution in [2.45, 2.75) is 13.8 Å². The molecule has 0 aliphatic heterocycles. The topological polar surface area (TPSA) is 144 Å². The van der Waals surface area contributed by atoms with Gasteiger partial charge in [-0.2, -0.15) is 5.10 Å². The van der Waals surface area contributed by atoms with E-state index in [1.807, 2.05) is 0 Å². The highest BCUT2D eigenvalue weighted by Crippen LogP contribution is 2.29. The van der Waals surface area contributed by atoms with Gasteiger partial charge in [-0.25, -0.2) is 9.67 Å². The number of amides is 3. The second-order valence-corrected chi connectivity index (χ2v) is 8.56. The second-order valence-electron chi connectivity index (χ2n) is 7.34. The Morgan fingerprint density at radius 3 is 2.49 bits per heavy atom. The monoisotopic (exact) mass is 563 g/mol. The number of nitro benzene ring substituents is 1. The SMILES string of the molecule is CC(=O)N(C)N(C)C(=O)c1cc([N+](=O)[O-])cc(C)c1NC(=O)c1cc(Br)nn1-c1ncccc1Cl. The van der Waals surface area contributed by atoms with E-state index in [0.29, 0.717) is 4.60 Å². The molecule has 0 saturated carbocycles. The maximum absolute atomic E-state index is 13.3. The van der Waals surface area contributed by atoms with E-state index in [-0.39, 0.29) is 39.0 Å². The number of anilines is 1. The van der Waals surface area contributed by atoms with Crippen LogP contribution in [-0.4, -0.2) is 61.5 Å². The van der Waals surface area contributed by atoms with Gasteiger partial charge in [0.15, 0.2) is 5.82 Å². The van der Waals surface area contributed by atoms with Gasteiger partial charge in [-0.1, -0.05) is 11.6 Å². The summed E-state index contributed by atoms with van der Waals surface area (Å²) < 4.78 is 1.54. The third-order valence-corrected chi connectivity index (χ3v) is 5.73. The second kappa shape index (κ2) is 10.2. The van der Waals surface area contributed by atoms with Crippen molar-refractivity contribution in [2.75, 3.05) is 19.4 Å². The van der Waals surface area contributed by atoms with Crippen LogP contribution in [0.5, 0.6) is 0 Å². The van der Waals surface area contributed by atoms with E-state index in [0.717, 1.165) is 16.1 Å². The lowest BCUT2D eigenvalue weighted by Crippen LogP contribution is -2.44. The molecule has 14 heteroatoms. The minimum absolute atomic E-state index is 0.0304. The number of non-ortho nitro benzene ring substituents is 1. The molecule has 3 aromatic rings. The normalized spacial score (nSPS) is 10.6. The molecule has 0 bridgehead atoms. The molecule has 0 atom stereocenters. The molecule has 0 aliphatic rings. The van der Waals surface area contributed by atoms with E-state index in [9.17, 15) is 24.5 Å². The van der Waals surface area contributed by atoms with Crippen LogP contribution in [-0.2, 0) is 4.79 Å². The van der Waals surface area contributed by atoms with Gasteiger partial charge in [-0.3, -0.25) is 34.5 Å². The van der Waals surface area contributed by atoms with Crippen LogP contribution in [0.15, 0.2) is 41.1 Å². The summed E-state index contributed by atoms with van der Waals surface area (Å²) in [5.74, 6) is -1.66. The zero-order chi connectivity index (χ0) is 26.0. The lowest BCUT2D eigenvalue weighted by molar-refractivity contribution is -0.384. The summed E-state index contributed by atoms with van der Waals surface area (Å²) in [6, 6.07) is 6.90. The van der Waals surface area contributed by atoms with Crippen molar-refractivity contribution >= 4 is 56.6 Å². The summed E-state index contributed by atoms with van der Waals surface area (Å²) in [5, 5.41) is 20.6. The summed E-state index contributed by atoms with van der Waals surface area (Å²) in [7, 11) is 2.70. The Hall–Kier alpha value is -3.84. The van der Waals surface area contributed by atoms with Gasteiger partial charge in [0.25, 0.3) is 17.5 Å². The van der Waals surface area contributed by atoms with Gasteiger partial charge in [0.05, 0.1) is 21.2 Å². The number of nitrogens with zero attached hydrogens (tertiary/aromatic N) is 6. The average Bonchev–Trinajstić information content (AvgIpc) is 3.20. The Kier molecular flexibility index (Phi) is 7.51. The fourth-order valence-electron chi connectivity index (χ4n) is 3.12. The number of halogens is 2. The summed E-state index contributed by atoms with van der Waals surface area (Å²) >= 11 is 9.45. The molecule has 2 aromatic heterocycles. The van der Waals surface area contributed by atoms with Crippen LogP contribution < -0.4 is 5.32 Å². The molecular formula is C21H19BrClN7O5. The van der Waals surface area contributed by atoms with Crippen LogP contribution in [0.4, 0.5) is 11.4 Å². The molecule has 0 unspecified atom stereocenters. The quantitative estimate of drug-likeness (QED) is 0.368. The van der Waals surface area contributed by atoms with E-state index in [1.165, 1.54) is 51.0 Å². The third kappa shape index (κ3) is 5.30. The molecular weight excluding hydrogens is 546 g/mol. The van der Waals surface area contributed by atoms with Crippen LogP contribution in [0, 0.1) is 17.0 Å². The predicted molar refractivity (Wildman–Crippen MR) is 130 cm³/mol. The van der Waals surface area contributed by atoms with Crippen molar-refractivity contribution in [2.24, 2.45) is 0 Å². The van der Waals surface area contributed by atoms with Crippen molar-refractivity contribution in [1.29, 1.82) is 0 Å². The number of rotatable bonds is 5. The van der Waals surface area contributed by atoms with Gasteiger partial charge in [0, 0.05) is 45.4 Å². The van der Waals surface area contributed by atoms with Crippen molar-refractivity contribution in [3.05, 3.63) is 73.1 Å². The van der Waals surface area contributed by atoms with Crippen LogP contribution in [0.3, 0.4) is 0 Å². The number of hydrogen-bond acceptors (Lipinski definition) is 7. The molecule has 0 aliphatic carbocycles. The first-order chi connectivity index (χ1) is 16.4. The van der Waals surface area contributed by atoms with Crippen LogP contribution in [0.1, 0.15) is 33.3 Å². The standard InChI is InChI=1S/C21H19BrClN7O5/c1-11-8-13(30(34)35)9-14(21(33)28(4)27(3)12(2)31)18(11)25-20(32)16-10-17(22)26-29(16)19-15(23)6-5-7-24-19/h5-10H,1-4H3,(H,25,32). The summed E-state index contributed by atoms with van der Waals surface area (Å²) in [5.41, 5.74) is -0.207. The average molecular weight is 565 g/mol. The summed E-state index contributed by atoms with van der Waals surface area (Å²) in [4.78, 5) is 53.2. The number of nitrogens with one attached hydrogen (secondary N) is 1. The minimum Gasteiger partial charge on any atom is -0.320 e. The van der Waals surface area contributed by atoms with Crippen molar-refractivity contribution in [1.82, 2.24) is 24.8 Å². The smallest absolute Gasteiger partial charge is 0.274 e. The summed E-state index contributed by atoms with van der Waals surface area (Å²) in [6.07, 6.45) is 1.48. The summed E-state index contributed by atoms with van der Waals surface area (Å²) in [6.45, 7) is 2.77. The molecule has 3 rings (SSSR count). The third-order valence-electron chi connectivity index (χ3n) is 5.05. The number of carbonyl (C=O) groups is 3. The highest BCUT2D eigenvalue weighted by molar-refractivity contribution is 9.10. The fourth-order valence-corrected chi connectivity index (χ4v) is 3.69. The lowest BCUT2D eigenvalue weighted by Gasteiger charge is -2.28. The molecule has 0 spiro atoms. The van der Waals surface area contributed by atoms with Crippen LogP contribution in [0.25, 0.3) is 5.82 Å². The van der Waals surface area contributed by atoms with E-state index in [2.05, 4.69) is 31.3 Å². The van der Waals surface area contributed by atoms with Gasteiger partial charge in [-0.05, 0) is 40.5 Å². The number of pyridine rings is 1. The first-order valence-corrected chi connectivity index (χ1v) is 11.1. The first-order valence-electron chi connectivity index (χ1n) is 9.91. The van der Waals surface area contributed by atoms with Crippen LogP contribution >= 0.6 is 27.5 Å². The Morgan fingerprint density at radius 1 is 1.20 bits per heavy atom. The van der Waals surface area contributed by atoms with E-state index in [4.69, 9.17) is 11.6 Å². The molecule has 2 heterocycles. The maximum Gasteiger partial charge on any atom is 0.274 e. The molecule has 0 fully saturated rings. The molecule has 3 amide bonds. The number of benzene rings is 1. The van der Waals surface area contributed by atoms with E-state index in [1.54, 1.807) is 12.1 Å². The maximum atomic E-state index is 13.3. The zero-order valence-corrected chi connectivity index (χ0v) is 21.3. The van der Waals surface area contributed by atoms with Crippen molar-refractivity contribution < 1.29 is 19.3 Å². The highest BCUT2D eigenvalue weighted by Gasteiger charge is 2.27. The molecule has 0 radical (unpaired) electrons. The molecule has 1 N–H and O–H groups in total. The molecule has 12 nitrogen and oxygen atoms in total. The van der Waals surface area contributed by atoms with Gasteiger partial charge < -0.3 is 5.32 Å². The van der Waals surface area contributed by atoms with Gasteiger partial charge >= 0.3 is 0 Å². The lowest BCUT2D eigenvalue weighted by atomic mass is 10.0. The van der Waals surface area contributed by atoms with Gasteiger partial charge in [0.2, 0.25) is 5.91 Å². The molecule has 0 saturated heterocycles. The number of aromatic nitrogens is 3. The molecule has 1 aromatic carbocycles. The predicted octanol–water partition coefficient (Wildman–Crippen LogP) is 3.62. The Balaban J connectivity index is 2.09. The number of carbonyl (C=O) groups excluding carboxylic acids is 3. The van der Waals surface area contributed by atoms with Crippen molar-refractivity contribution in [3.8, 4) is 5.82 Å². The van der Waals surface area contributed by atoms with Crippen molar-refractivity contribution in [3.63, 3.8) is 0 Å². The molecule has 182 valence electrons. The Morgan fingerprint density at radius 2 is 1.89 bits per heavy atom.